The van der Waals surface area contributed by atoms with Gasteiger partial charge in [-0.1, -0.05) is 36.8 Å². The molecule has 2 aliphatic rings. The first-order chi connectivity index (χ1) is 27.2. The molecule has 0 saturated carbocycles. The summed E-state index contributed by atoms with van der Waals surface area (Å²) < 4.78 is 103. The van der Waals surface area contributed by atoms with Crippen molar-refractivity contribution in [3.8, 4) is 0 Å². The van der Waals surface area contributed by atoms with Gasteiger partial charge in [0.05, 0.1) is 21.0 Å². The molecule has 2 aromatic rings. The molecule has 2 aliphatic heterocycles. The van der Waals surface area contributed by atoms with E-state index in [0.717, 1.165) is 33.9 Å². The van der Waals surface area contributed by atoms with Crippen LogP contribution in [-0.2, 0) is 55.1 Å². The molecule has 0 fully saturated rings. The van der Waals surface area contributed by atoms with Gasteiger partial charge in [-0.2, -0.15) is 21.4 Å². The number of ether oxygens (including phenoxy) is 2. The third-order valence-electron chi connectivity index (χ3n) is 10.7. The Morgan fingerprint density at radius 2 is 1.47 bits per heavy atom. The third kappa shape index (κ3) is 11.4. The van der Waals surface area contributed by atoms with Gasteiger partial charge in [-0.05, 0) is 93.8 Å². The second-order valence-corrected chi connectivity index (χ2v) is 19.6. The van der Waals surface area contributed by atoms with Crippen molar-refractivity contribution < 1.29 is 58.7 Å². The minimum Gasteiger partial charge on any atom is -0.481 e. The summed E-state index contributed by atoms with van der Waals surface area (Å²) in [6.45, 7) is 5.66. The van der Waals surface area contributed by atoms with Gasteiger partial charge in [-0.15, -0.1) is 0 Å². The molecule has 4 rings (SSSR count). The first-order valence-corrected chi connectivity index (χ1v) is 23.6. The summed E-state index contributed by atoms with van der Waals surface area (Å²) in [5, 5.41) is 9.09. The fourth-order valence-corrected chi connectivity index (χ4v) is 9.33. The van der Waals surface area contributed by atoms with Crippen LogP contribution in [0.1, 0.15) is 69.9 Å². The fourth-order valence-electron chi connectivity index (χ4n) is 7.74. The van der Waals surface area contributed by atoms with Gasteiger partial charge < -0.3 is 24.0 Å². The van der Waals surface area contributed by atoms with Gasteiger partial charge in [-0.3, -0.25) is 13.9 Å². The Morgan fingerprint density at radius 1 is 0.810 bits per heavy atom. The number of carboxylic acid groups (broad SMARTS) is 1. The van der Waals surface area contributed by atoms with Gasteiger partial charge >= 0.3 is 5.97 Å². The SMILES string of the molecule is C=S(=O)(O)c1ccc2c(c1)C(C)(CCCS(=O)(=O)O)C(/C=C/C=C/C=C/C=C1/N(CCCCCC(=O)O)c3ccc(S(=O)(=O)O)cc3C1(C)CCOC)=[N+]2CCOC. The molecular formula is C41H55N2O12S3+. The standard InChI is InChI=1S/C41H54N2O12S3/c1-40(22-14-28-57(48,49)50)33-29-31(56(5,46)47)18-20-36(33)43(25-27-55-4)37(40)15-10-7-6-8-11-16-38-41(2,23-26-54-3)34-30-32(58(51,52)53)19-21-35(34)42(38)24-13-9-12-17-39(44)45/h6-8,10-11,15-16,18-21,29-30H,5,9,12-14,17,22-28H2,1-4H3,(H3-,44,45,46,47,48,49,50,51,52,53)/p+1. The second-order valence-electron chi connectivity index (χ2n) is 14.8. The normalized spacial score (nSPS) is 21.5. The predicted molar refractivity (Wildman–Crippen MR) is 226 cm³/mol. The van der Waals surface area contributed by atoms with Crippen molar-refractivity contribution in [2.24, 2.45) is 0 Å². The monoisotopic (exact) mass is 863 g/mol. The maximum atomic E-state index is 12.6. The first-order valence-electron chi connectivity index (χ1n) is 18.8. The highest BCUT2D eigenvalue weighted by atomic mass is 32.2. The van der Waals surface area contributed by atoms with Crippen LogP contribution in [0.15, 0.2) is 94.4 Å². The van der Waals surface area contributed by atoms with E-state index in [1.807, 2.05) is 61.0 Å². The molecule has 0 bridgehead atoms. The van der Waals surface area contributed by atoms with Crippen LogP contribution in [0.3, 0.4) is 0 Å². The zero-order valence-electron chi connectivity index (χ0n) is 33.4. The summed E-state index contributed by atoms with van der Waals surface area (Å²) in [6, 6.07) is 9.49. The topological polar surface area (TPSA) is 208 Å². The summed E-state index contributed by atoms with van der Waals surface area (Å²) >= 11 is 0. The lowest BCUT2D eigenvalue weighted by atomic mass is 9.76. The van der Waals surface area contributed by atoms with Gasteiger partial charge in [0.2, 0.25) is 5.69 Å². The van der Waals surface area contributed by atoms with Crippen molar-refractivity contribution in [1.29, 1.82) is 0 Å². The molecule has 318 valence electrons. The number of unbranched alkanes of at least 4 members (excludes halogenated alkanes) is 2. The molecule has 0 amide bonds. The molecule has 3 unspecified atom stereocenters. The van der Waals surface area contributed by atoms with Crippen LogP contribution in [-0.4, -0.2) is 108 Å². The number of fused-ring (bicyclic) bond motifs is 2. The zero-order chi connectivity index (χ0) is 42.9. The lowest BCUT2D eigenvalue weighted by Crippen LogP contribution is -2.32. The Labute approximate surface area is 342 Å². The number of allylic oxidation sites excluding steroid dienone is 8. The first kappa shape index (κ1) is 46.7. The van der Waals surface area contributed by atoms with E-state index in [4.69, 9.17) is 14.6 Å². The molecule has 17 heteroatoms. The molecule has 0 saturated heterocycles. The average Bonchev–Trinajstić information content (AvgIpc) is 3.50. The highest BCUT2D eigenvalue weighted by Gasteiger charge is 2.48. The number of hydrogen-bond acceptors (Lipinski definition) is 9. The molecule has 0 spiro atoms. The Morgan fingerprint density at radius 3 is 2.10 bits per heavy atom. The Hall–Kier alpha value is -3.94. The highest BCUT2D eigenvalue weighted by molar-refractivity contribution is 7.95. The number of rotatable bonds is 22. The number of carbonyl (C=O) groups is 1. The molecular weight excluding hydrogens is 809 g/mol. The molecule has 3 atom stereocenters. The van der Waals surface area contributed by atoms with Crippen molar-refractivity contribution in [2.45, 2.75) is 79.4 Å². The van der Waals surface area contributed by atoms with E-state index in [1.165, 1.54) is 12.1 Å². The summed E-state index contributed by atoms with van der Waals surface area (Å²) in [5.74, 6) is 2.12. The summed E-state index contributed by atoms with van der Waals surface area (Å²) in [4.78, 5) is 13.1. The molecule has 0 aliphatic carbocycles. The maximum absolute atomic E-state index is 12.6. The minimum atomic E-state index is -4.47. The molecule has 0 radical (unpaired) electrons. The highest BCUT2D eigenvalue weighted by Crippen LogP contribution is 2.51. The number of carboxylic acids is 1. The molecule has 58 heavy (non-hydrogen) atoms. The van der Waals surface area contributed by atoms with Gasteiger partial charge in [0, 0.05) is 68.3 Å². The summed E-state index contributed by atoms with van der Waals surface area (Å²) in [5.41, 5.74) is 3.19. The molecule has 14 nitrogen and oxygen atoms in total. The van der Waals surface area contributed by atoms with Crippen LogP contribution in [0, 0.1) is 0 Å². The van der Waals surface area contributed by atoms with Gasteiger partial charge in [0.1, 0.15) is 16.4 Å². The van der Waals surface area contributed by atoms with Crippen LogP contribution in [0.4, 0.5) is 11.4 Å². The lowest BCUT2D eigenvalue weighted by Gasteiger charge is -2.30. The quantitative estimate of drug-likeness (QED) is 0.0344. The van der Waals surface area contributed by atoms with Gasteiger partial charge in [-0.25, -0.2) is 4.21 Å². The van der Waals surface area contributed by atoms with Crippen LogP contribution >= 0.6 is 0 Å². The zero-order valence-corrected chi connectivity index (χ0v) is 35.8. The molecule has 2 aromatic carbocycles. The molecule has 0 aromatic heterocycles. The second kappa shape index (κ2) is 19.4. The lowest BCUT2D eigenvalue weighted by molar-refractivity contribution is -0.441. The number of hydrogen-bond donors (Lipinski definition) is 4. The van der Waals surface area contributed by atoms with Gasteiger partial charge in [0.25, 0.3) is 20.2 Å². The van der Waals surface area contributed by atoms with Crippen molar-refractivity contribution in [1.82, 2.24) is 0 Å². The fraction of sp³-hybridized carbons (Fsp3) is 0.439. The third-order valence-corrected chi connectivity index (χ3v) is 13.4. The number of methoxy groups -OCH3 is 2. The van der Waals surface area contributed by atoms with E-state index in [2.05, 4.69) is 10.8 Å². The van der Waals surface area contributed by atoms with Crippen molar-refractivity contribution in [2.75, 3.05) is 51.2 Å². The van der Waals surface area contributed by atoms with E-state index in [-0.39, 0.29) is 22.6 Å². The minimum absolute atomic E-state index is 0.0703. The van der Waals surface area contributed by atoms with Gasteiger partial charge in [0.15, 0.2) is 12.3 Å². The van der Waals surface area contributed by atoms with E-state index in [9.17, 15) is 39.5 Å². The molecule has 4 N–H and O–H groups in total. The Bertz CT molecular complexity index is 2330. The largest absolute Gasteiger partial charge is 0.481 e. The number of nitrogens with zero attached hydrogens (tertiary/aromatic N) is 2. The summed E-state index contributed by atoms with van der Waals surface area (Å²) in [6.07, 6.45) is 16.0. The van der Waals surface area contributed by atoms with Crippen molar-refractivity contribution in [3.63, 3.8) is 0 Å². The van der Waals surface area contributed by atoms with Crippen molar-refractivity contribution in [3.05, 3.63) is 95.8 Å². The van der Waals surface area contributed by atoms with E-state index < -0.39 is 52.6 Å². The average molecular weight is 864 g/mol. The van der Waals surface area contributed by atoms with Crippen LogP contribution < -0.4 is 4.90 Å². The smallest absolute Gasteiger partial charge is 0.303 e. The van der Waals surface area contributed by atoms with Crippen LogP contribution in [0.25, 0.3) is 0 Å². The summed E-state index contributed by atoms with van der Waals surface area (Å²) in [7, 11) is -9.08. The molecule has 2 heterocycles. The number of aliphatic carboxylic acids is 1. The van der Waals surface area contributed by atoms with E-state index in [1.54, 1.807) is 38.5 Å². The number of benzene rings is 2. The maximum Gasteiger partial charge on any atom is 0.303 e. The van der Waals surface area contributed by atoms with Crippen LogP contribution in [0.2, 0.25) is 0 Å². The predicted octanol–water partition coefficient (Wildman–Crippen LogP) is 6.16. The van der Waals surface area contributed by atoms with Crippen molar-refractivity contribution >= 4 is 59.0 Å². The van der Waals surface area contributed by atoms with Crippen LogP contribution in [0.5, 0.6) is 0 Å². The Balaban J connectivity index is 1.70. The van der Waals surface area contributed by atoms with E-state index in [0.29, 0.717) is 58.4 Å². The Kier molecular flexibility index (Phi) is 15.6. The van der Waals surface area contributed by atoms with E-state index >= 15 is 0 Å². The number of anilines is 1.